The summed E-state index contributed by atoms with van der Waals surface area (Å²) in [5, 5.41) is 4.52. The molecule has 1 N–H and O–H groups in total. The van der Waals surface area contributed by atoms with Gasteiger partial charge in [0.25, 0.3) is 5.91 Å². The number of piperidine rings is 1. The van der Waals surface area contributed by atoms with Crippen molar-refractivity contribution < 1.29 is 9.21 Å². The van der Waals surface area contributed by atoms with E-state index in [4.69, 9.17) is 16.0 Å². The molecule has 1 amide bonds. The second-order valence-corrected chi connectivity index (χ2v) is 5.87. The molecule has 23 heavy (non-hydrogen) atoms. The van der Waals surface area contributed by atoms with Crippen molar-refractivity contribution in [1.29, 1.82) is 0 Å². The van der Waals surface area contributed by atoms with Crippen molar-refractivity contribution in [1.82, 2.24) is 5.43 Å². The van der Waals surface area contributed by atoms with Gasteiger partial charge < -0.3 is 9.32 Å². The summed E-state index contributed by atoms with van der Waals surface area (Å²) in [7, 11) is 0. The first kappa shape index (κ1) is 15.6. The van der Waals surface area contributed by atoms with Crippen LogP contribution in [0.1, 0.15) is 35.4 Å². The quantitative estimate of drug-likeness (QED) is 0.686. The van der Waals surface area contributed by atoms with Gasteiger partial charge in [-0.1, -0.05) is 11.6 Å². The zero-order valence-electron chi connectivity index (χ0n) is 12.7. The predicted octanol–water partition coefficient (Wildman–Crippen LogP) is 3.69. The van der Waals surface area contributed by atoms with Crippen molar-refractivity contribution in [3.05, 3.63) is 52.7 Å². The Hall–Kier alpha value is -2.27. The molecule has 1 fully saturated rings. The molecule has 1 aromatic heterocycles. The van der Waals surface area contributed by atoms with Crippen LogP contribution in [0.5, 0.6) is 0 Å². The molecule has 1 aliphatic heterocycles. The summed E-state index contributed by atoms with van der Waals surface area (Å²) in [4.78, 5) is 14.1. The molecule has 1 aliphatic rings. The van der Waals surface area contributed by atoms with Gasteiger partial charge in [0.15, 0.2) is 5.88 Å². The topological polar surface area (TPSA) is 57.8 Å². The van der Waals surface area contributed by atoms with Gasteiger partial charge in [-0.25, -0.2) is 5.43 Å². The minimum Gasteiger partial charge on any atom is -0.440 e. The molecular formula is C17H18ClN3O2. The highest BCUT2D eigenvalue weighted by atomic mass is 35.5. The summed E-state index contributed by atoms with van der Waals surface area (Å²) in [6.45, 7) is 2.05. The van der Waals surface area contributed by atoms with E-state index >= 15 is 0 Å². The van der Waals surface area contributed by atoms with Gasteiger partial charge in [0.1, 0.15) is 5.76 Å². The number of hydrazone groups is 1. The minimum absolute atomic E-state index is 0.291. The summed E-state index contributed by atoms with van der Waals surface area (Å²) < 4.78 is 5.73. The molecule has 0 bridgehead atoms. The van der Waals surface area contributed by atoms with Crippen molar-refractivity contribution in [2.45, 2.75) is 19.3 Å². The SMILES string of the molecule is O=C(N/N=C\c1ccc(N2CCCCC2)o1)c1ccc(Cl)cc1. The van der Waals surface area contributed by atoms with Gasteiger partial charge in [0, 0.05) is 29.7 Å². The van der Waals surface area contributed by atoms with Crippen molar-refractivity contribution >= 4 is 29.6 Å². The van der Waals surface area contributed by atoms with Crippen LogP contribution in [-0.2, 0) is 0 Å². The first-order valence-electron chi connectivity index (χ1n) is 7.66. The fraction of sp³-hybridized carbons (Fsp3) is 0.294. The van der Waals surface area contributed by atoms with Crippen molar-refractivity contribution in [2.24, 2.45) is 5.10 Å². The number of benzene rings is 1. The largest absolute Gasteiger partial charge is 0.440 e. The third-order valence-corrected chi connectivity index (χ3v) is 4.00. The molecule has 0 spiro atoms. The molecule has 0 saturated carbocycles. The van der Waals surface area contributed by atoms with Crippen molar-refractivity contribution in [3.63, 3.8) is 0 Å². The average Bonchev–Trinajstić information content (AvgIpc) is 3.05. The van der Waals surface area contributed by atoms with Crippen LogP contribution < -0.4 is 10.3 Å². The fourth-order valence-corrected chi connectivity index (χ4v) is 2.64. The number of nitrogens with one attached hydrogen (secondary N) is 1. The number of hydrogen-bond donors (Lipinski definition) is 1. The maximum absolute atomic E-state index is 11.9. The molecule has 2 heterocycles. The lowest BCUT2D eigenvalue weighted by molar-refractivity contribution is 0.0955. The van der Waals surface area contributed by atoms with E-state index in [1.54, 1.807) is 24.3 Å². The van der Waals surface area contributed by atoms with Gasteiger partial charge in [-0.05, 0) is 49.6 Å². The second-order valence-electron chi connectivity index (χ2n) is 5.43. The molecule has 1 aromatic carbocycles. The first-order valence-corrected chi connectivity index (χ1v) is 8.04. The zero-order valence-corrected chi connectivity index (χ0v) is 13.4. The van der Waals surface area contributed by atoms with Crippen LogP contribution >= 0.6 is 11.6 Å². The molecule has 0 unspecified atom stereocenters. The first-order chi connectivity index (χ1) is 11.2. The van der Waals surface area contributed by atoms with Crippen LogP contribution in [-0.4, -0.2) is 25.2 Å². The van der Waals surface area contributed by atoms with Gasteiger partial charge in [0.2, 0.25) is 0 Å². The molecule has 3 rings (SSSR count). The highest BCUT2D eigenvalue weighted by molar-refractivity contribution is 6.30. The Balaban J connectivity index is 1.56. The van der Waals surface area contributed by atoms with Crippen LogP contribution in [0.25, 0.3) is 0 Å². The standard InChI is InChI=1S/C17H18ClN3O2/c18-14-6-4-13(5-7-14)17(22)20-19-12-15-8-9-16(23-15)21-10-2-1-3-11-21/h4-9,12H,1-3,10-11H2,(H,20,22)/b19-12-. The minimum atomic E-state index is -0.291. The van der Waals surface area contributed by atoms with Crippen LogP contribution in [0.3, 0.4) is 0 Å². The summed E-state index contributed by atoms with van der Waals surface area (Å²) in [5.74, 6) is 1.18. The van der Waals surface area contributed by atoms with E-state index in [9.17, 15) is 4.79 Å². The fourth-order valence-electron chi connectivity index (χ4n) is 2.52. The summed E-state index contributed by atoms with van der Waals surface area (Å²) in [5.41, 5.74) is 2.97. The molecule has 5 nitrogen and oxygen atoms in total. The summed E-state index contributed by atoms with van der Waals surface area (Å²) in [6.07, 6.45) is 5.17. The second kappa shape index (κ2) is 7.33. The molecule has 120 valence electrons. The predicted molar refractivity (Wildman–Crippen MR) is 91.3 cm³/mol. The Morgan fingerprint density at radius 2 is 1.87 bits per heavy atom. The molecule has 1 saturated heterocycles. The van der Waals surface area contributed by atoms with E-state index in [1.807, 2.05) is 12.1 Å². The maximum atomic E-state index is 11.9. The van der Waals surface area contributed by atoms with Gasteiger partial charge >= 0.3 is 0 Å². The molecule has 0 aliphatic carbocycles. The van der Waals surface area contributed by atoms with Gasteiger partial charge in [-0.15, -0.1) is 0 Å². The highest BCUT2D eigenvalue weighted by Crippen LogP contribution is 2.21. The molecule has 0 atom stereocenters. The number of furan rings is 1. The number of hydrogen-bond acceptors (Lipinski definition) is 4. The Bertz CT molecular complexity index is 688. The van der Waals surface area contributed by atoms with E-state index < -0.39 is 0 Å². The van der Waals surface area contributed by atoms with Crippen LogP contribution in [0.15, 0.2) is 45.9 Å². The van der Waals surface area contributed by atoms with E-state index in [2.05, 4.69) is 15.4 Å². The third-order valence-electron chi connectivity index (χ3n) is 3.74. The number of anilines is 1. The Kier molecular flexibility index (Phi) is 4.98. The van der Waals surface area contributed by atoms with Crippen LogP contribution in [0, 0.1) is 0 Å². The number of amides is 1. The number of carbonyl (C=O) groups is 1. The lowest BCUT2D eigenvalue weighted by Crippen LogP contribution is -2.28. The Labute approximate surface area is 139 Å². The van der Waals surface area contributed by atoms with E-state index in [0.29, 0.717) is 16.3 Å². The normalized spacial score (nSPS) is 15.1. The number of halogens is 1. The van der Waals surface area contributed by atoms with Gasteiger partial charge in [0.05, 0.1) is 6.21 Å². The van der Waals surface area contributed by atoms with Crippen LogP contribution in [0.4, 0.5) is 5.88 Å². The molecule has 6 heteroatoms. The molecule has 0 radical (unpaired) electrons. The highest BCUT2D eigenvalue weighted by Gasteiger charge is 2.13. The number of nitrogens with zero attached hydrogens (tertiary/aromatic N) is 2. The number of rotatable bonds is 4. The lowest BCUT2D eigenvalue weighted by atomic mass is 10.1. The van der Waals surface area contributed by atoms with E-state index in [1.165, 1.54) is 25.5 Å². The summed E-state index contributed by atoms with van der Waals surface area (Å²) in [6, 6.07) is 10.4. The van der Waals surface area contributed by atoms with Crippen molar-refractivity contribution in [3.8, 4) is 0 Å². The maximum Gasteiger partial charge on any atom is 0.271 e. The van der Waals surface area contributed by atoms with Gasteiger partial charge in [-0.3, -0.25) is 4.79 Å². The van der Waals surface area contributed by atoms with E-state index in [0.717, 1.165) is 19.0 Å². The summed E-state index contributed by atoms with van der Waals surface area (Å²) >= 11 is 5.79. The molecular weight excluding hydrogens is 314 g/mol. The lowest BCUT2D eigenvalue weighted by Gasteiger charge is -2.25. The molecule has 2 aromatic rings. The average molecular weight is 332 g/mol. The zero-order chi connectivity index (χ0) is 16.1. The number of carbonyl (C=O) groups excluding carboxylic acids is 1. The van der Waals surface area contributed by atoms with Crippen molar-refractivity contribution in [2.75, 3.05) is 18.0 Å². The van der Waals surface area contributed by atoms with Gasteiger partial charge in [-0.2, -0.15) is 5.10 Å². The third kappa shape index (κ3) is 4.13. The van der Waals surface area contributed by atoms with E-state index in [-0.39, 0.29) is 5.91 Å². The van der Waals surface area contributed by atoms with Crippen LogP contribution in [0.2, 0.25) is 5.02 Å². The monoisotopic (exact) mass is 331 g/mol. The smallest absolute Gasteiger partial charge is 0.271 e. The Morgan fingerprint density at radius 1 is 1.13 bits per heavy atom. The Morgan fingerprint density at radius 3 is 2.61 bits per heavy atom.